The molecule has 0 radical (unpaired) electrons. The van der Waals surface area contributed by atoms with Crippen molar-refractivity contribution in [2.24, 2.45) is 0 Å². The van der Waals surface area contributed by atoms with Crippen LogP contribution in [0.15, 0.2) is 18.5 Å². The third-order valence-electron chi connectivity index (χ3n) is 1.36. The second kappa shape index (κ2) is 2.94. The van der Waals surface area contributed by atoms with Gasteiger partial charge in [-0.1, -0.05) is 0 Å². The van der Waals surface area contributed by atoms with E-state index in [9.17, 15) is 0 Å². The van der Waals surface area contributed by atoms with Crippen LogP contribution in [0.25, 0.3) is 10.6 Å². The first-order chi connectivity index (χ1) is 5.86. The molecule has 0 aliphatic carbocycles. The summed E-state index contributed by atoms with van der Waals surface area (Å²) in [6.07, 6.45) is 3.33. The van der Waals surface area contributed by atoms with Crippen molar-refractivity contribution in [1.82, 2.24) is 19.6 Å². The van der Waals surface area contributed by atoms with Crippen molar-refractivity contribution >= 4 is 11.5 Å². The molecule has 0 bridgehead atoms. The Labute approximate surface area is 73.5 Å². The fraction of sp³-hybridized carbons (Fsp3) is 0.143. The number of aromatic nitrogens is 4. The van der Waals surface area contributed by atoms with E-state index in [1.807, 2.05) is 13.0 Å². The van der Waals surface area contributed by atoms with Gasteiger partial charge in [-0.15, -0.1) is 0 Å². The van der Waals surface area contributed by atoms with E-state index < -0.39 is 0 Å². The third-order valence-corrected chi connectivity index (χ3v) is 2.21. The normalized spacial score (nSPS) is 10.1. The molecule has 2 aromatic heterocycles. The molecule has 4 nitrogen and oxygen atoms in total. The molecule has 0 unspecified atom stereocenters. The van der Waals surface area contributed by atoms with Crippen LogP contribution in [0, 0.1) is 6.92 Å². The zero-order valence-electron chi connectivity index (χ0n) is 6.43. The van der Waals surface area contributed by atoms with Gasteiger partial charge in [-0.05, 0) is 24.5 Å². The lowest BCUT2D eigenvalue weighted by Crippen LogP contribution is -1.81. The lowest BCUT2D eigenvalue weighted by molar-refractivity contribution is 1.03. The molecule has 0 atom stereocenters. The summed E-state index contributed by atoms with van der Waals surface area (Å²) in [5.74, 6) is 0.798. The fourth-order valence-corrected chi connectivity index (χ4v) is 1.49. The van der Waals surface area contributed by atoms with Crippen LogP contribution in [0.3, 0.4) is 0 Å². The summed E-state index contributed by atoms with van der Waals surface area (Å²) in [7, 11) is 0. The van der Waals surface area contributed by atoms with E-state index in [1.165, 1.54) is 11.5 Å². The predicted octanol–water partition coefficient (Wildman–Crippen LogP) is 1.30. The van der Waals surface area contributed by atoms with Crippen molar-refractivity contribution in [2.75, 3.05) is 0 Å². The number of nitrogens with zero attached hydrogens (tertiary/aromatic N) is 4. The molecule has 2 heterocycles. The van der Waals surface area contributed by atoms with Crippen LogP contribution < -0.4 is 0 Å². The minimum absolute atomic E-state index is 0.798. The maximum atomic E-state index is 4.22. The Morgan fingerprint density at radius 3 is 2.83 bits per heavy atom. The maximum Gasteiger partial charge on any atom is 0.145 e. The Kier molecular flexibility index (Phi) is 1.79. The molecule has 0 spiro atoms. The number of hydrogen-bond donors (Lipinski definition) is 0. The molecule has 0 saturated carbocycles. The summed E-state index contributed by atoms with van der Waals surface area (Å²) < 4.78 is 4.08. The Morgan fingerprint density at radius 2 is 2.25 bits per heavy atom. The van der Waals surface area contributed by atoms with Gasteiger partial charge in [0, 0.05) is 5.56 Å². The summed E-state index contributed by atoms with van der Waals surface area (Å²) in [5, 5.41) is 8.33. The molecule has 12 heavy (non-hydrogen) atoms. The van der Waals surface area contributed by atoms with Gasteiger partial charge in [0.05, 0.1) is 12.4 Å². The SMILES string of the molecule is Cc1nsc(-c2ccnnc2)n1. The molecule has 0 N–H and O–H groups in total. The van der Waals surface area contributed by atoms with Crippen molar-refractivity contribution in [3.63, 3.8) is 0 Å². The molecule has 0 fully saturated rings. The summed E-state index contributed by atoms with van der Waals surface area (Å²) in [6, 6.07) is 1.87. The van der Waals surface area contributed by atoms with Crippen LogP contribution in [-0.4, -0.2) is 19.6 Å². The van der Waals surface area contributed by atoms with Crippen LogP contribution in [0.5, 0.6) is 0 Å². The van der Waals surface area contributed by atoms with Gasteiger partial charge in [0.2, 0.25) is 0 Å². The van der Waals surface area contributed by atoms with Gasteiger partial charge in [0.1, 0.15) is 10.8 Å². The molecule has 0 saturated heterocycles. The van der Waals surface area contributed by atoms with E-state index in [-0.39, 0.29) is 0 Å². The highest BCUT2D eigenvalue weighted by Gasteiger charge is 2.02. The van der Waals surface area contributed by atoms with E-state index in [0.717, 1.165) is 16.4 Å². The molecule has 60 valence electrons. The van der Waals surface area contributed by atoms with Crippen molar-refractivity contribution in [2.45, 2.75) is 6.92 Å². The van der Waals surface area contributed by atoms with Gasteiger partial charge in [-0.2, -0.15) is 14.6 Å². The van der Waals surface area contributed by atoms with Crippen LogP contribution in [-0.2, 0) is 0 Å². The Hall–Kier alpha value is -1.36. The van der Waals surface area contributed by atoms with Crippen LogP contribution >= 0.6 is 11.5 Å². The predicted molar refractivity (Wildman–Crippen MR) is 45.7 cm³/mol. The molecule has 0 aliphatic heterocycles. The topological polar surface area (TPSA) is 51.6 Å². The molecule has 5 heteroatoms. The summed E-state index contributed by atoms with van der Waals surface area (Å²) >= 11 is 1.37. The fourth-order valence-electron chi connectivity index (χ4n) is 0.832. The lowest BCUT2D eigenvalue weighted by atomic mass is 10.3. The van der Waals surface area contributed by atoms with Crippen molar-refractivity contribution < 1.29 is 0 Å². The molecule has 2 aromatic rings. The van der Waals surface area contributed by atoms with E-state index in [2.05, 4.69) is 19.6 Å². The van der Waals surface area contributed by atoms with Gasteiger partial charge < -0.3 is 0 Å². The third kappa shape index (κ3) is 1.31. The smallest absolute Gasteiger partial charge is 0.145 e. The van der Waals surface area contributed by atoms with Crippen LogP contribution in [0.1, 0.15) is 5.82 Å². The van der Waals surface area contributed by atoms with Gasteiger partial charge in [0.15, 0.2) is 0 Å². The van der Waals surface area contributed by atoms with Gasteiger partial charge in [0.25, 0.3) is 0 Å². The Bertz CT molecular complexity index is 370. The summed E-state index contributed by atoms with van der Waals surface area (Å²) in [5.41, 5.74) is 0.968. The molecule has 2 rings (SSSR count). The second-order valence-electron chi connectivity index (χ2n) is 2.28. The van der Waals surface area contributed by atoms with Gasteiger partial charge in [-0.3, -0.25) is 0 Å². The summed E-state index contributed by atoms with van der Waals surface area (Å²) in [6.45, 7) is 1.87. The minimum Gasteiger partial charge on any atom is -0.220 e. The first-order valence-electron chi connectivity index (χ1n) is 3.43. The zero-order valence-corrected chi connectivity index (χ0v) is 7.25. The van der Waals surface area contributed by atoms with Crippen LogP contribution in [0.2, 0.25) is 0 Å². The number of aryl methyl sites for hydroxylation is 1. The highest BCUT2D eigenvalue weighted by molar-refractivity contribution is 7.09. The zero-order chi connectivity index (χ0) is 8.39. The van der Waals surface area contributed by atoms with Crippen molar-refractivity contribution in [1.29, 1.82) is 0 Å². The van der Waals surface area contributed by atoms with E-state index in [1.54, 1.807) is 12.4 Å². The largest absolute Gasteiger partial charge is 0.220 e. The average molecular weight is 178 g/mol. The maximum absolute atomic E-state index is 4.22. The second-order valence-corrected chi connectivity index (χ2v) is 3.03. The first-order valence-corrected chi connectivity index (χ1v) is 4.21. The standard InChI is InChI=1S/C7H6N4S/c1-5-10-7(12-11-5)6-2-3-8-9-4-6/h2-4H,1H3. The molecular formula is C7H6N4S. The minimum atomic E-state index is 0.798. The molecule has 0 aliphatic rings. The highest BCUT2D eigenvalue weighted by Crippen LogP contribution is 2.18. The summed E-state index contributed by atoms with van der Waals surface area (Å²) in [4.78, 5) is 4.22. The monoisotopic (exact) mass is 178 g/mol. The quantitative estimate of drug-likeness (QED) is 0.660. The van der Waals surface area contributed by atoms with Crippen LogP contribution in [0.4, 0.5) is 0 Å². The molecular weight excluding hydrogens is 172 g/mol. The van der Waals surface area contributed by atoms with E-state index in [0.29, 0.717) is 0 Å². The van der Waals surface area contributed by atoms with Gasteiger partial charge >= 0.3 is 0 Å². The Balaban J connectivity index is 2.45. The average Bonchev–Trinajstić information content (AvgIpc) is 2.54. The van der Waals surface area contributed by atoms with Gasteiger partial charge in [-0.25, -0.2) is 4.98 Å². The lowest BCUT2D eigenvalue weighted by Gasteiger charge is -1.89. The highest BCUT2D eigenvalue weighted by atomic mass is 32.1. The molecule has 0 amide bonds. The first kappa shape index (κ1) is 7.30. The van der Waals surface area contributed by atoms with E-state index in [4.69, 9.17) is 0 Å². The number of rotatable bonds is 1. The van der Waals surface area contributed by atoms with Crippen molar-refractivity contribution in [3.8, 4) is 10.6 Å². The number of hydrogen-bond acceptors (Lipinski definition) is 5. The van der Waals surface area contributed by atoms with E-state index >= 15 is 0 Å². The molecule has 0 aromatic carbocycles. The Morgan fingerprint density at radius 1 is 1.33 bits per heavy atom. The van der Waals surface area contributed by atoms with Crippen molar-refractivity contribution in [3.05, 3.63) is 24.3 Å².